The molecule has 0 aromatic heterocycles. The number of likely N-dealkylation sites (tertiary alicyclic amines) is 1. The van der Waals surface area contributed by atoms with Crippen molar-refractivity contribution < 1.29 is 19.4 Å². The van der Waals surface area contributed by atoms with Crippen molar-refractivity contribution in [1.29, 1.82) is 0 Å². The molecular weight excluding hydrogens is 418 g/mol. The molecule has 2 N–H and O–H groups in total. The topological polar surface area (TPSA) is 82.1 Å². The van der Waals surface area contributed by atoms with Crippen LogP contribution in [0.2, 0.25) is 5.02 Å². The van der Waals surface area contributed by atoms with E-state index in [1.807, 2.05) is 6.07 Å². The maximum absolute atomic E-state index is 13.5. The molecule has 31 heavy (non-hydrogen) atoms. The predicted molar refractivity (Wildman–Crippen MR) is 118 cm³/mol. The number of hydrogen-bond acceptors (Lipinski definition) is 5. The quantitative estimate of drug-likeness (QED) is 0.622. The second-order valence-corrected chi connectivity index (χ2v) is 9.45. The maximum atomic E-state index is 13.5. The largest absolute Gasteiger partial charge is 0.506 e. The first-order chi connectivity index (χ1) is 14.9. The first-order valence-electron chi connectivity index (χ1n) is 11.4. The number of phenols is 1. The van der Waals surface area contributed by atoms with Crippen molar-refractivity contribution in [3.63, 3.8) is 0 Å². The molecule has 4 rings (SSSR count). The lowest BCUT2D eigenvalue weighted by Gasteiger charge is -2.41. The summed E-state index contributed by atoms with van der Waals surface area (Å²) in [4.78, 5) is 30.0. The number of hydrogen-bond donors (Lipinski definition) is 2. The number of nitrogens with one attached hydrogen (secondary N) is 1. The zero-order valence-electron chi connectivity index (χ0n) is 18.1. The summed E-state index contributed by atoms with van der Waals surface area (Å²) in [5.41, 5.74) is 0.260. The number of ether oxygens (including phenoxy) is 1. The van der Waals surface area contributed by atoms with Crippen LogP contribution in [0.1, 0.15) is 51.0 Å². The summed E-state index contributed by atoms with van der Waals surface area (Å²) >= 11 is 6.04. The van der Waals surface area contributed by atoms with Gasteiger partial charge in [-0.25, -0.2) is 4.79 Å². The van der Waals surface area contributed by atoms with Crippen LogP contribution in [0, 0.1) is 5.92 Å². The van der Waals surface area contributed by atoms with E-state index in [9.17, 15) is 14.7 Å². The second-order valence-electron chi connectivity index (χ2n) is 9.04. The fourth-order valence-corrected chi connectivity index (χ4v) is 5.54. The van der Waals surface area contributed by atoms with Gasteiger partial charge in [-0.3, -0.25) is 14.6 Å². The fourth-order valence-electron chi connectivity index (χ4n) is 5.34. The number of phenolic OH excluding ortho intramolecular Hbond substituents is 1. The zero-order valence-corrected chi connectivity index (χ0v) is 18.9. The monoisotopic (exact) mass is 449 g/mol. The van der Waals surface area contributed by atoms with Crippen molar-refractivity contribution in [2.24, 2.45) is 5.92 Å². The van der Waals surface area contributed by atoms with Gasteiger partial charge in [0, 0.05) is 13.2 Å². The molecule has 0 bridgehead atoms. The standard InChI is InChI=1S/C23H32ClN3O4/c1-2-9-23(21(29)27(22(30)25-23)15-18-4-3-12-31-18)17-7-10-26(11-8-17)14-16-5-6-20(28)19(24)13-16/h5-6,13,17-18,28H,2-4,7-12,14-15H2,1H3,(H,25,30)/t18-,23+/m0/s1. The molecule has 3 amide bonds. The average molecular weight is 450 g/mol. The third-order valence-corrected chi connectivity index (χ3v) is 7.26. The van der Waals surface area contributed by atoms with Crippen LogP contribution in [0.5, 0.6) is 5.75 Å². The highest BCUT2D eigenvalue weighted by atomic mass is 35.5. The van der Waals surface area contributed by atoms with Crippen LogP contribution < -0.4 is 5.32 Å². The highest BCUT2D eigenvalue weighted by molar-refractivity contribution is 6.32. The molecule has 3 aliphatic heterocycles. The van der Waals surface area contributed by atoms with E-state index in [1.165, 1.54) is 4.90 Å². The van der Waals surface area contributed by atoms with Crippen LogP contribution in [0.15, 0.2) is 18.2 Å². The van der Waals surface area contributed by atoms with Gasteiger partial charge in [0.1, 0.15) is 11.3 Å². The van der Waals surface area contributed by atoms with Gasteiger partial charge in [0.25, 0.3) is 5.91 Å². The fraction of sp³-hybridized carbons (Fsp3) is 0.652. The van der Waals surface area contributed by atoms with E-state index >= 15 is 0 Å². The number of piperidine rings is 1. The molecule has 0 aliphatic carbocycles. The molecule has 2 atom stereocenters. The number of benzene rings is 1. The number of amides is 3. The average Bonchev–Trinajstić information content (AvgIpc) is 3.35. The van der Waals surface area contributed by atoms with Gasteiger partial charge in [-0.15, -0.1) is 0 Å². The number of aromatic hydroxyl groups is 1. The number of nitrogens with zero attached hydrogens (tertiary/aromatic N) is 2. The van der Waals surface area contributed by atoms with Gasteiger partial charge in [-0.2, -0.15) is 0 Å². The highest BCUT2D eigenvalue weighted by Gasteiger charge is 2.55. The van der Waals surface area contributed by atoms with Gasteiger partial charge in [0.2, 0.25) is 0 Å². The Morgan fingerprint density at radius 1 is 1.26 bits per heavy atom. The van der Waals surface area contributed by atoms with Gasteiger partial charge in [0.15, 0.2) is 0 Å². The Balaban J connectivity index is 1.41. The predicted octanol–water partition coefficient (Wildman–Crippen LogP) is 3.53. The molecule has 170 valence electrons. The van der Waals surface area contributed by atoms with Gasteiger partial charge in [-0.1, -0.05) is 31.0 Å². The molecule has 3 heterocycles. The molecule has 1 aromatic rings. The van der Waals surface area contributed by atoms with E-state index in [-0.39, 0.29) is 29.7 Å². The summed E-state index contributed by atoms with van der Waals surface area (Å²) in [7, 11) is 0. The van der Waals surface area contributed by atoms with E-state index in [1.54, 1.807) is 12.1 Å². The molecule has 8 heteroatoms. The Kier molecular flexibility index (Phi) is 6.74. The van der Waals surface area contributed by atoms with E-state index in [2.05, 4.69) is 17.1 Å². The minimum absolute atomic E-state index is 0.0360. The number of halogens is 1. The van der Waals surface area contributed by atoms with E-state index in [4.69, 9.17) is 16.3 Å². The Hall–Kier alpha value is -1.83. The molecule has 0 saturated carbocycles. The summed E-state index contributed by atoms with van der Waals surface area (Å²) in [6.45, 7) is 5.58. The third kappa shape index (κ3) is 4.54. The van der Waals surface area contributed by atoms with Crippen LogP contribution in [0.3, 0.4) is 0 Å². The third-order valence-electron chi connectivity index (χ3n) is 6.96. The van der Waals surface area contributed by atoms with Crippen molar-refractivity contribution in [1.82, 2.24) is 15.1 Å². The van der Waals surface area contributed by atoms with Crippen molar-refractivity contribution in [2.75, 3.05) is 26.2 Å². The molecule has 7 nitrogen and oxygen atoms in total. The van der Waals surface area contributed by atoms with Crippen molar-refractivity contribution in [3.8, 4) is 5.75 Å². The molecule has 1 aromatic carbocycles. The lowest BCUT2D eigenvalue weighted by Crippen LogP contribution is -2.56. The number of carbonyl (C=O) groups is 2. The Labute approximate surface area is 188 Å². The van der Waals surface area contributed by atoms with Crippen LogP contribution in [0.25, 0.3) is 0 Å². The summed E-state index contributed by atoms with van der Waals surface area (Å²) in [6.07, 6.45) is 5.06. The normalized spacial score (nSPS) is 27.8. The maximum Gasteiger partial charge on any atom is 0.325 e. The molecule has 3 aliphatic rings. The van der Waals surface area contributed by atoms with Crippen LogP contribution in [-0.2, 0) is 16.1 Å². The lowest BCUT2D eigenvalue weighted by atomic mass is 9.74. The van der Waals surface area contributed by atoms with Gasteiger partial charge in [-0.05, 0) is 68.8 Å². The second kappa shape index (κ2) is 9.35. The highest BCUT2D eigenvalue weighted by Crippen LogP contribution is 2.38. The van der Waals surface area contributed by atoms with Gasteiger partial charge in [0.05, 0.1) is 17.7 Å². The summed E-state index contributed by atoms with van der Waals surface area (Å²) < 4.78 is 5.67. The molecular formula is C23H32ClN3O4. The van der Waals surface area contributed by atoms with Crippen LogP contribution >= 0.6 is 11.6 Å². The van der Waals surface area contributed by atoms with E-state index < -0.39 is 5.54 Å². The van der Waals surface area contributed by atoms with E-state index in [0.29, 0.717) is 24.6 Å². The first-order valence-corrected chi connectivity index (χ1v) is 11.8. The number of imide groups is 1. The Bertz CT molecular complexity index is 821. The smallest absolute Gasteiger partial charge is 0.325 e. The number of carbonyl (C=O) groups excluding carboxylic acids is 2. The zero-order chi connectivity index (χ0) is 22.0. The molecule has 0 radical (unpaired) electrons. The molecule has 0 unspecified atom stereocenters. The molecule has 0 spiro atoms. The first kappa shape index (κ1) is 22.4. The summed E-state index contributed by atoms with van der Waals surface area (Å²) in [6, 6.07) is 5.03. The van der Waals surface area contributed by atoms with Crippen molar-refractivity contribution in [3.05, 3.63) is 28.8 Å². The molecule has 3 fully saturated rings. The van der Waals surface area contributed by atoms with Crippen LogP contribution in [0.4, 0.5) is 4.79 Å². The van der Waals surface area contributed by atoms with Crippen molar-refractivity contribution >= 4 is 23.5 Å². The van der Waals surface area contributed by atoms with Gasteiger partial charge < -0.3 is 15.2 Å². The van der Waals surface area contributed by atoms with Gasteiger partial charge >= 0.3 is 6.03 Å². The molecule has 3 saturated heterocycles. The summed E-state index contributed by atoms with van der Waals surface area (Å²) in [5.74, 6) is 0.144. The van der Waals surface area contributed by atoms with E-state index in [0.717, 1.165) is 57.3 Å². The lowest BCUT2D eigenvalue weighted by molar-refractivity contribution is -0.135. The number of rotatable bonds is 7. The number of urea groups is 1. The minimum Gasteiger partial charge on any atom is -0.506 e. The van der Waals surface area contributed by atoms with Crippen LogP contribution in [-0.4, -0.2) is 64.7 Å². The summed E-state index contributed by atoms with van der Waals surface area (Å²) in [5, 5.41) is 13.1. The Morgan fingerprint density at radius 2 is 2.03 bits per heavy atom. The minimum atomic E-state index is -0.793. The Morgan fingerprint density at radius 3 is 2.68 bits per heavy atom. The SMILES string of the molecule is CCC[C@]1(C2CCN(Cc3ccc(O)c(Cl)c3)CC2)NC(=O)N(C[C@@H]2CCCO2)C1=O. The van der Waals surface area contributed by atoms with Crippen molar-refractivity contribution in [2.45, 2.75) is 63.6 Å².